The van der Waals surface area contributed by atoms with E-state index in [4.69, 9.17) is 0 Å². The molecule has 1 fully saturated rings. The molecular formula is C15H24N2S. The van der Waals surface area contributed by atoms with E-state index in [1.165, 1.54) is 38.9 Å². The summed E-state index contributed by atoms with van der Waals surface area (Å²) in [7, 11) is 0. The number of fused-ring (bicyclic) bond motifs is 1. The van der Waals surface area contributed by atoms with Crippen molar-refractivity contribution in [1.82, 2.24) is 10.2 Å². The zero-order valence-corrected chi connectivity index (χ0v) is 12.3. The van der Waals surface area contributed by atoms with Crippen molar-refractivity contribution in [3.8, 4) is 0 Å². The summed E-state index contributed by atoms with van der Waals surface area (Å²) in [4.78, 5) is 4.29. The van der Waals surface area contributed by atoms with Crippen molar-refractivity contribution in [3.63, 3.8) is 0 Å². The zero-order chi connectivity index (χ0) is 12.5. The van der Waals surface area contributed by atoms with Crippen molar-refractivity contribution in [1.29, 1.82) is 0 Å². The van der Waals surface area contributed by atoms with Crippen LogP contribution in [0.4, 0.5) is 0 Å². The van der Waals surface area contributed by atoms with E-state index < -0.39 is 0 Å². The maximum Gasteiger partial charge on any atom is 0.0331 e. The molecule has 0 amide bonds. The second-order valence-corrected chi connectivity index (χ2v) is 6.90. The van der Waals surface area contributed by atoms with E-state index in [0.717, 1.165) is 5.92 Å². The van der Waals surface area contributed by atoms with Gasteiger partial charge in [0.15, 0.2) is 0 Å². The molecule has 2 aliphatic heterocycles. The Morgan fingerprint density at radius 1 is 1.44 bits per heavy atom. The van der Waals surface area contributed by atoms with Gasteiger partial charge in [0.2, 0.25) is 0 Å². The second kappa shape index (κ2) is 5.32. The van der Waals surface area contributed by atoms with Gasteiger partial charge in [-0.05, 0) is 55.7 Å². The first kappa shape index (κ1) is 12.6. The van der Waals surface area contributed by atoms with E-state index >= 15 is 0 Å². The highest BCUT2D eigenvalue weighted by molar-refractivity contribution is 7.10. The van der Waals surface area contributed by atoms with Crippen LogP contribution in [0.3, 0.4) is 0 Å². The van der Waals surface area contributed by atoms with Crippen LogP contribution in [0.25, 0.3) is 0 Å². The van der Waals surface area contributed by atoms with Gasteiger partial charge in [-0.15, -0.1) is 11.3 Å². The highest BCUT2D eigenvalue weighted by Gasteiger charge is 2.29. The highest BCUT2D eigenvalue weighted by Crippen LogP contribution is 2.33. The van der Waals surface area contributed by atoms with Gasteiger partial charge in [0.1, 0.15) is 0 Å². The summed E-state index contributed by atoms with van der Waals surface area (Å²) < 4.78 is 0. The van der Waals surface area contributed by atoms with Crippen molar-refractivity contribution in [2.45, 2.75) is 45.2 Å². The lowest BCUT2D eigenvalue weighted by atomic mass is 9.91. The fourth-order valence-corrected chi connectivity index (χ4v) is 4.38. The first-order chi connectivity index (χ1) is 8.75. The summed E-state index contributed by atoms with van der Waals surface area (Å²) in [5, 5.41) is 5.97. The van der Waals surface area contributed by atoms with Crippen LogP contribution in [0.15, 0.2) is 11.4 Å². The molecule has 1 aromatic heterocycles. The molecule has 2 aliphatic rings. The Morgan fingerprint density at radius 2 is 2.33 bits per heavy atom. The molecule has 0 aliphatic carbocycles. The van der Waals surface area contributed by atoms with Gasteiger partial charge in [-0.25, -0.2) is 0 Å². The minimum Gasteiger partial charge on any atom is -0.312 e. The quantitative estimate of drug-likeness (QED) is 0.883. The largest absolute Gasteiger partial charge is 0.312 e. The zero-order valence-electron chi connectivity index (χ0n) is 11.5. The van der Waals surface area contributed by atoms with Crippen molar-refractivity contribution < 1.29 is 0 Å². The van der Waals surface area contributed by atoms with Crippen molar-refractivity contribution >= 4 is 11.3 Å². The van der Waals surface area contributed by atoms with Gasteiger partial charge in [0, 0.05) is 30.1 Å². The molecular weight excluding hydrogens is 240 g/mol. The average Bonchev–Trinajstić information content (AvgIpc) is 2.84. The molecule has 3 heterocycles. The highest BCUT2D eigenvalue weighted by atomic mass is 32.1. The topological polar surface area (TPSA) is 15.3 Å². The lowest BCUT2D eigenvalue weighted by Gasteiger charge is -2.39. The van der Waals surface area contributed by atoms with Crippen LogP contribution in [0.2, 0.25) is 0 Å². The standard InChI is InChI=1S/C15H24N2S/c1-11-4-3-7-16-14(11)10-17-8-5-15-13(12(17)2)6-9-18-15/h6,9,11-12,14,16H,3-5,7-8,10H2,1-2H3. The number of nitrogens with one attached hydrogen (secondary N) is 1. The predicted molar refractivity (Wildman–Crippen MR) is 78.2 cm³/mol. The average molecular weight is 264 g/mol. The summed E-state index contributed by atoms with van der Waals surface area (Å²) >= 11 is 1.94. The Balaban J connectivity index is 1.67. The minimum atomic E-state index is 0.607. The van der Waals surface area contributed by atoms with E-state index in [0.29, 0.717) is 12.1 Å². The normalized spacial score (nSPS) is 33.3. The minimum absolute atomic E-state index is 0.607. The van der Waals surface area contributed by atoms with Gasteiger partial charge in [0.05, 0.1) is 0 Å². The van der Waals surface area contributed by atoms with Crippen LogP contribution >= 0.6 is 11.3 Å². The molecule has 3 heteroatoms. The van der Waals surface area contributed by atoms with Crippen LogP contribution in [0, 0.1) is 5.92 Å². The summed E-state index contributed by atoms with van der Waals surface area (Å²) in [5.74, 6) is 0.829. The first-order valence-electron chi connectivity index (χ1n) is 7.29. The van der Waals surface area contributed by atoms with Crippen LogP contribution in [-0.2, 0) is 6.42 Å². The van der Waals surface area contributed by atoms with Gasteiger partial charge in [0.25, 0.3) is 0 Å². The molecule has 3 unspecified atom stereocenters. The first-order valence-corrected chi connectivity index (χ1v) is 8.17. The molecule has 2 nitrogen and oxygen atoms in total. The molecule has 0 aromatic carbocycles. The van der Waals surface area contributed by atoms with Crippen LogP contribution in [0.1, 0.15) is 43.2 Å². The molecule has 0 bridgehead atoms. The lowest BCUT2D eigenvalue weighted by Crippen LogP contribution is -2.49. The number of hydrogen-bond acceptors (Lipinski definition) is 3. The predicted octanol–water partition coefficient (Wildman–Crippen LogP) is 3.06. The third kappa shape index (κ3) is 2.36. The summed E-state index contributed by atoms with van der Waals surface area (Å²) in [6, 6.07) is 3.63. The van der Waals surface area contributed by atoms with Crippen LogP contribution < -0.4 is 5.32 Å². The fraction of sp³-hybridized carbons (Fsp3) is 0.733. The fourth-order valence-electron chi connectivity index (χ4n) is 3.42. The molecule has 18 heavy (non-hydrogen) atoms. The Morgan fingerprint density at radius 3 is 3.17 bits per heavy atom. The van der Waals surface area contributed by atoms with Gasteiger partial charge in [-0.2, -0.15) is 0 Å². The van der Waals surface area contributed by atoms with E-state index in [1.54, 1.807) is 10.4 Å². The second-order valence-electron chi connectivity index (χ2n) is 5.90. The van der Waals surface area contributed by atoms with Crippen molar-refractivity contribution in [2.24, 2.45) is 5.92 Å². The third-order valence-electron chi connectivity index (χ3n) is 4.76. The molecule has 1 N–H and O–H groups in total. The monoisotopic (exact) mass is 264 g/mol. The SMILES string of the molecule is CC1CCCNC1CN1CCc2sccc2C1C. The molecule has 3 atom stereocenters. The van der Waals surface area contributed by atoms with Gasteiger partial charge in [-0.3, -0.25) is 4.90 Å². The molecule has 0 spiro atoms. The summed E-state index contributed by atoms with van der Waals surface area (Å²) in [6.45, 7) is 8.44. The van der Waals surface area contributed by atoms with Crippen molar-refractivity contribution in [3.05, 3.63) is 21.9 Å². The van der Waals surface area contributed by atoms with Crippen molar-refractivity contribution in [2.75, 3.05) is 19.6 Å². The third-order valence-corrected chi connectivity index (χ3v) is 5.76. The van der Waals surface area contributed by atoms with E-state index in [-0.39, 0.29) is 0 Å². The van der Waals surface area contributed by atoms with E-state index in [2.05, 4.69) is 35.5 Å². The molecule has 1 aromatic rings. The maximum absolute atomic E-state index is 3.72. The van der Waals surface area contributed by atoms with Gasteiger partial charge < -0.3 is 5.32 Å². The molecule has 0 radical (unpaired) electrons. The summed E-state index contributed by atoms with van der Waals surface area (Å²) in [6.07, 6.45) is 3.99. The molecule has 0 saturated carbocycles. The van der Waals surface area contributed by atoms with Gasteiger partial charge in [-0.1, -0.05) is 6.92 Å². The molecule has 1 saturated heterocycles. The Labute approximate surface area is 114 Å². The number of thiophene rings is 1. The summed E-state index contributed by atoms with van der Waals surface area (Å²) in [5.41, 5.74) is 1.58. The van der Waals surface area contributed by atoms with Crippen LogP contribution in [-0.4, -0.2) is 30.6 Å². The molecule has 100 valence electrons. The number of hydrogen-bond donors (Lipinski definition) is 1. The van der Waals surface area contributed by atoms with Crippen LogP contribution in [0.5, 0.6) is 0 Å². The van der Waals surface area contributed by atoms with E-state index in [1.807, 2.05) is 11.3 Å². The van der Waals surface area contributed by atoms with Gasteiger partial charge >= 0.3 is 0 Å². The molecule has 3 rings (SSSR count). The Kier molecular flexibility index (Phi) is 3.73. The number of nitrogens with zero attached hydrogens (tertiary/aromatic N) is 1. The smallest absolute Gasteiger partial charge is 0.0331 e. The Bertz CT molecular complexity index is 401. The lowest BCUT2D eigenvalue weighted by molar-refractivity contribution is 0.147. The number of rotatable bonds is 2. The maximum atomic E-state index is 3.72. The Hall–Kier alpha value is -0.380. The number of piperidine rings is 1. The van der Waals surface area contributed by atoms with E-state index in [9.17, 15) is 0 Å².